The maximum atomic E-state index is 15.5. The number of aromatic nitrogens is 3. The molecule has 9 aromatic rings. The van der Waals surface area contributed by atoms with Gasteiger partial charge >= 0.3 is 18.5 Å². The molecule has 56 heavy (non-hydrogen) atoms. The van der Waals surface area contributed by atoms with E-state index in [1.54, 1.807) is 95.6 Å². The van der Waals surface area contributed by atoms with E-state index in [4.69, 9.17) is 0 Å². The highest BCUT2D eigenvalue weighted by Crippen LogP contribution is 2.46. The quantitative estimate of drug-likeness (QED) is 0.164. The van der Waals surface area contributed by atoms with Gasteiger partial charge < -0.3 is 9.13 Å². The molecule has 3 aromatic heterocycles. The van der Waals surface area contributed by atoms with Crippen LogP contribution in [0.2, 0.25) is 0 Å². The van der Waals surface area contributed by atoms with E-state index in [0.717, 1.165) is 30.3 Å². The van der Waals surface area contributed by atoms with Gasteiger partial charge in [0, 0.05) is 32.7 Å². The molecule has 0 aliphatic rings. The van der Waals surface area contributed by atoms with Crippen LogP contribution in [0, 0.1) is 0 Å². The fourth-order valence-corrected chi connectivity index (χ4v) is 7.55. The summed E-state index contributed by atoms with van der Waals surface area (Å²) >= 11 is 0. The van der Waals surface area contributed by atoms with Crippen molar-refractivity contribution in [1.82, 2.24) is 14.1 Å². The van der Waals surface area contributed by atoms with Gasteiger partial charge in [0.05, 0.1) is 61.5 Å². The molecule has 0 aliphatic carbocycles. The van der Waals surface area contributed by atoms with Crippen molar-refractivity contribution < 1.29 is 39.5 Å². The molecule has 0 atom stereocenters. The van der Waals surface area contributed by atoms with E-state index in [2.05, 4.69) is 4.98 Å². The number of benzene rings is 6. The number of pyridine rings is 1. The molecule has 0 amide bonds. The summed E-state index contributed by atoms with van der Waals surface area (Å²) in [5.41, 5.74) is -1.01. The third-order valence-electron chi connectivity index (χ3n) is 10.00. The molecular formula is C44H24F9N3. The zero-order valence-corrected chi connectivity index (χ0v) is 28.6. The Morgan fingerprint density at radius 1 is 0.375 bits per heavy atom. The summed E-state index contributed by atoms with van der Waals surface area (Å²) in [4.78, 5) is 4.65. The Morgan fingerprint density at radius 2 is 0.839 bits per heavy atom. The largest absolute Gasteiger partial charge is 0.417 e. The van der Waals surface area contributed by atoms with Crippen molar-refractivity contribution in [2.45, 2.75) is 18.5 Å². The molecule has 0 spiro atoms. The molecule has 0 saturated carbocycles. The lowest BCUT2D eigenvalue weighted by molar-refractivity contribution is -0.138. The van der Waals surface area contributed by atoms with Crippen molar-refractivity contribution in [1.29, 1.82) is 0 Å². The zero-order valence-electron chi connectivity index (χ0n) is 28.6. The third-order valence-corrected chi connectivity index (χ3v) is 10.00. The Labute approximate surface area is 311 Å². The summed E-state index contributed by atoms with van der Waals surface area (Å²) in [6.45, 7) is 0. The molecule has 0 radical (unpaired) electrons. The summed E-state index contributed by atoms with van der Waals surface area (Å²) < 4.78 is 134. The van der Waals surface area contributed by atoms with Crippen LogP contribution in [0.3, 0.4) is 0 Å². The molecule has 3 nitrogen and oxygen atoms in total. The number of rotatable bonds is 4. The summed E-state index contributed by atoms with van der Waals surface area (Å²) in [5.74, 6) is 0. The molecule has 0 bridgehead atoms. The average Bonchev–Trinajstić information content (AvgIpc) is 3.69. The van der Waals surface area contributed by atoms with Crippen molar-refractivity contribution in [2.75, 3.05) is 0 Å². The first kappa shape index (κ1) is 35.2. The fourth-order valence-electron chi connectivity index (χ4n) is 7.55. The Hall–Kier alpha value is -6.56. The van der Waals surface area contributed by atoms with E-state index in [-0.39, 0.29) is 44.4 Å². The highest BCUT2D eigenvalue weighted by Gasteiger charge is 2.37. The molecule has 0 fully saturated rings. The molecule has 9 rings (SSSR count). The topological polar surface area (TPSA) is 22.8 Å². The number of halogens is 9. The van der Waals surface area contributed by atoms with Gasteiger partial charge in [-0.1, -0.05) is 72.8 Å². The number of hydrogen-bond acceptors (Lipinski definition) is 1. The second-order valence-corrected chi connectivity index (χ2v) is 13.3. The summed E-state index contributed by atoms with van der Waals surface area (Å²) in [6, 6.07) is 35.1. The maximum absolute atomic E-state index is 15.5. The third kappa shape index (κ3) is 5.75. The molecule has 0 N–H and O–H groups in total. The van der Waals surface area contributed by atoms with Gasteiger partial charge in [-0.15, -0.1) is 0 Å². The van der Waals surface area contributed by atoms with Gasteiger partial charge in [-0.2, -0.15) is 39.5 Å². The minimum atomic E-state index is -4.96. The molecule has 12 heteroatoms. The van der Waals surface area contributed by atoms with Crippen LogP contribution in [0.15, 0.2) is 146 Å². The lowest BCUT2D eigenvalue weighted by Gasteiger charge is -2.22. The van der Waals surface area contributed by atoms with Crippen LogP contribution in [0.5, 0.6) is 0 Å². The van der Waals surface area contributed by atoms with Gasteiger partial charge in [-0.3, -0.25) is 0 Å². The van der Waals surface area contributed by atoms with E-state index in [1.807, 2.05) is 0 Å². The van der Waals surface area contributed by atoms with Gasteiger partial charge in [0.1, 0.15) is 0 Å². The van der Waals surface area contributed by atoms with Crippen LogP contribution in [0.1, 0.15) is 16.7 Å². The molecular weight excluding hydrogens is 741 g/mol. The zero-order chi connectivity index (χ0) is 39.1. The summed E-state index contributed by atoms with van der Waals surface area (Å²) in [6.07, 6.45) is -14.3. The number of alkyl halides is 9. The second-order valence-electron chi connectivity index (χ2n) is 13.3. The van der Waals surface area contributed by atoms with E-state index in [9.17, 15) is 26.3 Å². The van der Waals surface area contributed by atoms with E-state index in [1.165, 1.54) is 28.8 Å². The van der Waals surface area contributed by atoms with Crippen LogP contribution in [-0.4, -0.2) is 14.1 Å². The number of para-hydroxylation sites is 2. The molecule has 0 aliphatic heterocycles. The van der Waals surface area contributed by atoms with Gasteiger partial charge in [-0.05, 0) is 72.8 Å². The average molecular weight is 766 g/mol. The van der Waals surface area contributed by atoms with E-state index < -0.39 is 35.2 Å². The lowest BCUT2D eigenvalue weighted by Crippen LogP contribution is -2.12. The van der Waals surface area contributed by atoms with Gasteiger partial charge in [0.2, 0.25) is 0 Å². The van der Waals surface area contributed by atoms with Crippen LogP contribution in [0.25, 0.3) is 77.5 Å². The Morgan fingerprint density at radius 3 is 1.36 bits per heavy atom. The van der Waals surface area contributed by atoms with Crippen molar-refractivity contribution >= 4 is 43.6 Å². The van der Waals surface area contributed by atoms with Crippen molar-refractivity contribution in [3.05, 3.63) is 162 Å². The molecule has 6 aromatic carbocycles. The highest BCUT2D eigenvalue weighted by atomic mass is 19.4. The van der Waals surface area contributed by atoms with Crippen LogP contribution < -0.4 is 0 Å². The normalized spacial score (nSPS) is 12.7. The van der Waals surface area contributed by atoms with E-state index >= 15 is 13.2 Å². The minimum Gasteiger partial charge on any atom is -0.307 e. The Balaban J connectivity index is 1.45. The predicted molar refractivity (Wildman–Crippen MR) is 199 cm³/mol. The summed E-state index contributed by atoms with van der Waals surface area (Å²) in [5, 5.41) is 1.10. The van der Waals surface area contributed by atoms with Crippen molar-refractivity contribution in [3.8, 4) is 33.9 Å². The first-order valence-electron chi connectivity index (χ1n) is 17.2. The minimum absolute atomic E-state index is 0.0244. The van der Waals surface area contributed by atoms with Crippen molar-refractivity contribution in [3.63, 3.8) is 0 Å². The molecule has 0 saturated heterocycles. The first-order valence-corrected chi connectivity index (χ1v) is 17.2. The van der Waals surface area contributed by atoms with Crippen LogP contribution >= 0.6 is 0 Å². The predicted octanol–water partition coefficient (Wildman–Crippen LogP) is 13.7. The van der Waals surface area contributed by atoms with Gasteiger partial charge in [0.15, 0.2) is 0 Å². The second kappa shape index (κ2) is 12.5. The fraction of sp³-hybridized carbons (Fsp3) is 0.0682. The maximum Gasteiger partial charge on any atom is 0.417 e. The number of hydrogen-bond donors (Lipinski definition) is 0. The Kier molecular flexibility index (Phi) is 7.84. The first-order chi connectivity index (χ1) is 26.7. The Bertz CT molecular complexity index is 2990. The summed E-state index contributed by atoms with van der Waals surface area (Å²) in [7, 11) is 0. The lowest BCUT2D eigenvalue weighted by atomic mass is 9.99. The van der Waals surface area contributed by atoms with E-state index in [0.29, 0.717) is 33.1 Å². The van der Waals surface area contributed by atoms with Gasteiger partial charge in [0.25, 0.3) is 0 Å². The standard InChI is InChI=1S/C44H24F9N3/c45-42(46,47)26-17-19-38-30(21-26)28-11-4-6-15-36(28)55(38)40-23-32(35-14-8-13-34(54-35)25-9-2-1-3-10-25)33(44(51,52)53)24-41(40)56-37-16-7-5-12-29(37)31-22-27(43(48,49)50)18-20-39(31)56/h1-24H. The van der Waals surface area contributed by atoms with Gasteiger partial charge in [-0.25, -0.2) is 4.98 Å². The molecule has 0 unspecified atom stereocenters. The monoisotopic (exact) mass is 765 g/mol. The number of fused-ring (bicyclic) bond motifs is 6. The molecule has 278 valence electrons. The van der Waals surface area contributed by atoms with Crippen LogP contribution in [-0.2, 0) is 18.5 Å². The number of nitrogens with zero attached hydrogens (tertiary/aromatic N) is 3. The highest BCUT2D eigenvalue weighted by molar-refractivity contribution is 6.12. The smallest absolute Gasteiger partial charge is 0.307 e. The van der Waals surface area contributed by atoms with Crippen molar-refractivity contribution in [2.24, 2.45) is 0 Å². The van der Waals surface area contributed by atoms with Crippen LogP contribution in [0.4, 0.5) is 39.5 Å². The molecule has 3 heterocycles. The SMILES string of the molecule is FC(F)(F)c1ccc2c(c1)c1ccccc1n2-c1cc(-c2cccc(-c3ccccc3)n2)c(C(F)(F)F)cc1-n1c2ccccc2c2cc(C(F)(F)F)ccc21.